The molecule has 1 aromatic rings. The molecule has 190 valence electrons. The predicted molar refractivity (Wildman–Crippen MR) is 111 cm³/mol. The fourth-order valence-electron chi connectivity index (χ4n) is 4.17. The van der Waals surface area contributed by atoms with Gasteiger partial charge in [0, 0.05) is 39.2 Å². The second-order valence-electron chi connectivity index (χ2n) is 8.30. The molecule has 1 unspecified atom stereocenters. The van der Waals surface area contributed by atoms with E-state index in [-0.39, 0.29) is 22.6 Å². The van der Waals surface area contributed by atoms with E-state index in [9.17, 15) is 36.4 Å². The lowest BCUT2D eigenvalue weighted by Gasteiger charge is -2.32. The monoisotopic (exact) mass is 504 g/mol. The van der Waals surface area contributed by atoms with Crippen molar-refractivity contribution in [3.05, 3.63) is 58.3 Å². The molecule has 8 nitrogen and oxygen atoms in total. The highest BCUT2D eigenvalue weighted by atomic mass is 19.4. The van der Waals surface area contributed by atoms with Crippen molar-refractivity contribution in [2.75, 3.05) is 6.61 Å². The molecule has 2 aliphatic heterocycles. The molecule has 0 saturated carbocycles. The molecule has 3 rings (SSSR count). The van der Waals surface area contributed by atoms with Crippen molar-refractivity contribution in [1.82, 2.24) is 5.32 Å². The van der Waals surface area contributed by atoms with E-state index in [1.165, 1.54) is 13.8 Å². The van der Waals surface area contributed by atoms with Gasteiger partial charge in [0.05, 0.1) is 12.3 Å². The van der Waals surface area contributed by atoms with E-state index in [0.717, 1.165) is 37.4 Å². The average molecular weight is 504 g/mol. The molecule has 1 aromatic carbocycles. The number of nitroso groups, excluding NO2 is 1. The number of nitrogens with zero attached hydrogens (tertiary/aromatic N) is 1. The van der Waals surface area contributed by atoms with Gasteiger partial charge >= 0.3 is 12.2 Å². The lowest BCUT2D eigenvalue weighted by molar-refractivity contribution is -0.495. The Bertz CT molecular complexity index is 1120. The number of halogens is 5. The van der Waals surface area contributed by atoms with Crippen LogP contribution >= 0.6 is 0 Å². The lowest BCUT2D eigenvalue weighted by atomic mass is 9.77. The van der Waals surface area contributed by atoms with Crippen molar-refractivity contribution in [1.29, 1.82) is 0 Å². The van der Waals surface area contributed by atoms with E-state index in [2.05, 4.69) is 5.32 Å². The van der Waals surface area contributed by atoms with E-state index >= 15 is 0 Å². The summed E-state index contributed by atoms with van der Waals surface area (Å²) in [4.78, 5) is 36.3. The van der Waals surface area contributed by atoms with Gasteiger partial charge in [-0.3, -0.25) is 9.59 Å². The number of allylic oxidation sites excluding steroid dienone is 1. The number of hydrogen-bond donors (Lipinski definition) is 2. The number of rotatable bonds is 6. The Morgan fingerprint density at radius 3 is 2.51 bits per heavy atom. The minimum Gasteiger partial charge on any atom is -0.490 e. The Labute approximate surface area is 196 Å². The summed E-state index contributed by atoms with van der Waals surface area (Å²) >= 11 is 0. The Hall–Kier alpha value is -3.35. The normalized spacial score (nSPS) is 28.6. The SMILES string of the molecule is CCOc1c([C@@H]2C(C(=O)NC3=C[C@@H](C(N)=O)[N+](=O)C=C3)O[C@](C)(C(F)(F)F)[C@H]2C)ccc(F)c1F. The topological polar surface area (TPSA) is 111 Å². The molecule has 0 aliphatic carbocycles. The highest BCUT2D eigenvalue weighted by Gasteiger charge is 2.66. The number of nitrogens with two attached hydrogens (primary N) is 1. The molecule has 35 heavy (non-hydrogen) atoms. The lowest BCUT2D eigenvalue weighted by Crippen LogP contribution is -2.47. The first-order valence-corrected chi connectivity index (χ1v) is 10.5. The zero-order valence-electron chi connectivity index (χ0n) is 18.9. The molecule has 5 atom stereocenters. The van der Waals surface area contributed by atoms with Crippen LogP contribution in [0.2, 0.25) is 0 Å². The fraction of sp³-hybridized carbons (Fsp3) is 0.455. The highest BCUT2D eigenvalue weighted by Crippen LogP contribution is 2.54. The number of ether oxygens (including phenoxy) is 2. The number of primary amides is 1. The summed E-state index contributed by atoms with van der Waals surface area (Å²) in [5.41, 5.74) is 2.05. The van der Waals surface area contributed by atoms with Crippen molar-refractivity contribution in [3.63, 3.8) is 0 Å². The summed E-state index contributed by atoms with van der Waals surface area (Å²) in [6, 6.07) is 0.324. The van der Waals surface area contributed by atoms with Crippen LogP contribution in [0, 0.1) is 22.5 Å². The zero-order chi connectivity index (χ0) is 26.3. The van der Waals surface area contributed by atoms with Crippen LogP contribution in [0.25, 0.3) is 0 Å². The predicted octanol–water partition coefficient (Wildman–Crippen LogP) is 2.96. The van der Waals surface area contributed by atoms with E-state index < -0.39 is 65.0 Å². The first-order valence-electron chi connectivity index (χ1n) is 10.5. The van der Waals surface area contributed by atoms with Gasteiger partial charge < -0.3 is 20.5 Å². The maximum atomic E-state index is 14.6. The maximum Gasteiger partial charge on any atom is 0.417 e. The molecule has 13 heteroatoms. The molecule has 0 radical (unpaired) electrons. The van der Waals surface area contributed by atoms with Gasteiger partial charge in [0.2, 0.25) is 12.0 Å². The Kier molecular flexibility index (Phi) is 7.02. The molecule has 2 heterocycles. The van der Waals surface area contributed by atoms with Crippen LogP contribution in [0.15, 0.2) is 36.2 Å². The van der Waals surface area contributed by atoms with Gasteiger partial charge in [0.15, 0.2) is 17.2 Å². The minimum absolute atomic E-state index is 0.0863. The molecular weight excluding hydrogens is 481 g/mol. The van der Waals surface area contributed by atoms with Gasteiger partial charge in [0.1, 0.15) is 6.10 Å². The number of hydrogen-bond acceptors (Lipinski definition) is 5. The first kappa shape index (κ1) is 26.3. The molecule has 1 fully saturated rings. The van der Waals surface area contributed by atoms with Gasteiger partial charge in [-0.1, -0.05) is 13.0 Å². The smallest absolute Gasteiger partial charge is 0.417 e. The van der Waals surface area contributed by atoms with Crippen LogP contribution in [0.1, 0.15) is 32.3 Å². The Morgan fingerprint density at radius 1 is 1.29 bits per heavy atom. The molecule has 2 aliphatic rings. The zero-order valence-corrected chi connectivity index (χ0v) is 18.9. The summed E-state index contributed by atoms with van der Waals surface area (Å²) in [7, 11) is 0. The molecule has 3 N–H and O–H groups in total. The summed E-state index contributed by atoms with van der Waals surface area (Å²) in [6.45, 7) is 3.29. The quantitative estimate of drug-likeness (QED) is 0.457. The van der Waals surface area contributed by atoms with Crippen molar-refractivity contribution < 1.29 is 45.8 Å². The summed E-state index contributed by atoms with van der Waals surface area (Å²) in [5, 5.41) is 2.31. The maximum absolute atomic E-state index is 14.6. The first-order chi connectivity index (χ1) is 16.2. The number of nitrogens with one attached hydrogen (secondary N) is 1. The van der Waals surface area contributed by atoms with E-state index in [0.29, 0.717) is 0 Å². The summed E-state index contributed by atoms with van der Waals surface area (Å²) in [6.07, 6.45) is -3.71. The average Bonchev–Trinajstić information content (AvgIpc) is 3.05. The van der Waals surface area contributed by atoms with Gasteiger partial charge in [-0.15, -0.1) is 0 Å². The van der Waals surface area contributed by atoms with Crippen molar-refractivity contribution in [2.45, 2.75) is 50.6 Å². The number of carbonyl (C=O) groups excluding carboxylic acids is 2. The third-order valence-corrected chi connectivity index (χ3v) is 6.23. The second-order valence-corrected chi connectivity index (χ2v) is 8.30. The summed E-state index contributed by atoms with van der Waals surface area (Å²) in [5.74, 6) is -8.24. The Balaban J connectivity index is 2.06. The summed E-state index contributed by atoms with van der Waals surface area (Å²) < 4.78 is 81.2. The van der Waals surface area contributed by atoms with Gasteiger partial charge in [0.25, 0.3) is 11.8 Å². The van der Waals surface area contributed by atoms with Gasteiger partial charge in [-0.25, -0.2) is 4.39 Å². The van der Waals surface area contributed by atoms with Crippen LogP contribution < -0.4 is 15.8 Å². The van der Waals surface area contributed by atoms with Crippen LogP contribution in [0.4, 0.5) is 22.0 Å². The molecular formula is C22H23F5N3O5+. The molecule has 1 saturated heterocycles. The van der Waals surface area contributed by atoms with Crippen molar-refractivity contribution in [2.24, 2.45) is 11.7 Å². The third-order valence-electron chi connectivity index (χ3n) is 6.23. The van der Waals surface area contributed by atoms with Crippen molar-refractivity contribution in [3.8, 4) is 5.75 Å². The standard InChI is InChI=1S/C22H22F5N3O5/c1-4-34-17-12(5-6-13(23)16(17)24)15-10(2)21(3,22(25,26)27)35-18(15)20(32)29-11-7-8-30(33)14(9-11)19(28)31/h5-10,14-15,18H,4H2,1-3H3,(H2-,28,29,31,32)/p+1/t10-,14-,15+,18?,21-/m0/s1. The number of carbonyl (C=O) groups is 2. The van der Waals surface area contributed by atoms with E-state index in [4.69, 9.17) is 15.2 Å². The highest BCUT2D eigenvalue weighted by molar-refractivity contribution is 5.86. The largest absolute Gasteiger partial charge is 0.490 e. The minimum atomic E-state index is -4.92. The van der Waals surface area contributed by atoms with Crippen LogP contribution in [-0.4, -0.2) is 47.1 Å². The van der Waals surface area contributed by atoms with Crippen LogP contribution in [0.3, 0.4) is 0 Å². The Morgan fingerprint density at radius 2 is 1.94 bits per heavy atom. The number of alkyl halides is 3. The van der Waals surface area contributed by atoms with E-state index in [1.807, 2.05) is 0 Å². The number of benzene rings is 1. The molecule has 2 amide bonds. The van der Waals surface area contributed by atoms with Crippen LogP contribution in [0.5, 0.6) is 5.75 Å². The third kappa shape index (κ3) is 4.64. The fourth-order valence-corrected chi connectivity index (χ4v) is 4.17. The second kappa shape index (κ2) is 9.36. The molecule has 0 spiro atoms. The van der Waals surface area contributed by atoms with Gasteiger partial charge in [-0.05, 0) is 19.9 Å². The van der Waals surface area contributed by atoms with E-state index in [1.54, 1.807) is 0 Å². The van der Waals surface area contributed by atoms with Crippen molar-refractivity contribution >= 4 is 11.8 Å². The molecule has 0 bridgehead atoms. The molecule has 0 aromatic heterocycles. The van der Waals surface area contributed by atoms with Crippen LogP contribution in [-0.2, 0) is 14.3 Å². The van der Waals surface area contributed by atoms with Gasteiger partial charge in [-0.2, -0.15) is 17.6 Å². The number of amides is 2.